The summed E-state index contributed by atoms with van der Waals surface area (Å²) in [6.45, 7) is 4.77. The molecule has 0 bridgehead atoms. The van der Waals surface area contributed by atoms with Crippen molar-refractivity contribution in [2.75, 3.05) is 19.8 Å². The summed E-state index contributed by atoms with van der Waals surface area (Å²) in [5.41, 5.74) is 0.0376. The molecule has 21 heavy (non-hydrogen) atoms. The van der Waals surface area contributed by atoms with Crippen LogP contribution in [0.15, 0.2) is 24.3 Å². The third kappa shape index (κ3) is 6.76. The first kappa shape index (κ1) is 17.0. The summed E-state index contributed by atoms with van der Waals surface area (Å²) >= 11 is 0. The molecule has 6 heteroatoms. The van der Waals surface area contributed by atoms with Gasteiger partial charge in [0.1, 0.15) is 11.3 Å². The molecule has 0 unspecified atom stereocenters. The van der Waals surface area contributed by atoms with Gasteiger partial charge in [-0.05, 0) is 32.4 Å². The number of hydrogen-bond donors (Lipinski definition) is 2. The molecule has 0 aliphatic heterocycles. The molecular weight excluding hydrogens is 274 g/mol. The van der Waals surface area contributed by atoms with Crippen molar-refractivity contribution in [1.29, 1.82) is 0 Å². The lowest BCUT2D eigenvalue weighted by Crippen LogP contribution is -2.30. The fourth-order valence-corrected chi connectivity index (χ4v) is 1.58. The predicted molar refractivity (Wildman–Crippen MR) is 77.6 cm³/mol. The highest BCUT2D eigenvalue weighted by atomic mass is 16.5. The van der Waals surface area contributed by atoms with Crippen LogP contribution >= 0.6 is 0 Å². The average Bonchev–Trinajstić information content (AvgIpc) is 2.44. The molecule has 1 aromatic carbocycles. The largest absolute Gasteiger partial charge is 0.483 e. The third-order valence-electron chi connectivity index (χ3n) is 2.57. The Bertz CT molecular complexity index is 473. The second-order valence-electron chi connectivity index (χ2n) is 4.71. The van der Waals surface area contributed by atoms with Gasteiger partial charge in [0.2, 0.25) is 0 Å². The smallest absolute Gasteiger partial charge is 0.339 e. The number of carboxylic acid groups (broad SMARTS) is 1. The van der Waals surface area contributed by atoms with Crippen LogP contribution in [0.1, 0.15) is 30.6 Å². The van der Waals surface area contributed by atoms with Gasteiger partial charge >= 0.3 is 5.97 Å². The molecule has 1 amide bonds. The molecule has 0 aliphatic carbocycles. The van der Waals surface area contributed by atoms with Crippen molar-refractivity contribution in [2.24, 2.45) is 0 Å². The Hall–Kier alpha value is -2.08. The fourth-order valence-electron chi connectivity index (χ4n) is 1.58. The quantitative estimate of drug-likeness (QED) is 0.677. The van der Waals surface area contributed by atoms with E-state index in [4.69, 9.17) is 14.6 Å². The summed E-state index contributed by atoms with van der Waals surface area (Å²) < 4.78 is 10.6. The second-order valence-corrected chi connectivity index (χ2v) is 4.71. The molecule has 1 rings (SSSR count). The Morgan fingerprint density at radius 2 is 2.00 bits per heavy atom. The van der Waals surface area contributed by atoms with Crippen LogP contribution in [-0.2, 0) is 9.53 Å². The van der Waals surface area contributed by atoms with Crippen LogP contribution in [0.5, 0.6) is 5.75 Å². The Labute approximate surface area is 124 Å². The van der Waals surface area contributed by atoms with Crippen LogP contribution in [0.3, 0.4) is 0 Å². The van der Waals surface area contributed by atoms with Gasteiger partial charge in [-0.2, -0.15) is 0 Å². The number of benzene rings is 1. The van der Waals surface area contributed by atoms with Crippen molar-refractivity contribution in [3.05, 3.63) is 29.8 Å². The monoisotopic (exact) mass is 295 g/mol. The number of amides is 1. The minimum Gasteiger partial charge on any atom is -0.483 e. The van der Waals surface area contributed by atoms with Gasteiger partial charge in [0.25, 0.3) is 5.91 Å². The first-order valence-corrected chi connectivity index (χ1v) is 6.84. The van der Waals surface area contributed by atoms with E-state index in [0.29, 0.717) is 13.2 Å². The summed E-state index contributed by atoms with van der Waals surface area (Å²) in [5.74, 6) is -1.19. The number of para-hydroxylation sites is 1. The van der Waals surface area contributed by atoms with E-state index in [9.17, 15) is 9.59 Å². The Kier molecular flexibility index (Phi) is 7.25. The minimum absolute atomic E-state index is 0.0376. The van der Waals surface area contributed by atoms with Gasteiger partial charge in [-0.3, -0.25) is 4.79 Å². The van der Waals surface area contributed by atoms with Crippen molar-refractivity contribution in [2.45, 2.75) is 26.4 Å². The molecule has 2 N–H and O–H groups in total. The SMILES string of the molecule is CC(C)OCCCNC(=O)COc1ccccc1C(=O)O. The zero-order valence-electron chi connectivity index (χ0n) is 12.3. The molecule has 0 saturated heterocycles. The molecule has 6 nitrogen and oxygen atoms in total. The average molecular weight is 295 g/mol. The van der Waals surface area contributed by atoms with E-state index in [-0.39, 0.29) is 29.9 Å². The van der Waals surface area contributed by atoms with Crippen molar-refractivity contribution >= 4 is 11.9 Å². The molecule has 0 aromatic heterocycles. The molecular formula is C15H21NO5. The number of carboxylic acids is 1. The maximum Gasteiger partial charge on any atom is 0.339 e. The van der Waals surface area contributed by atoms with Crippen molar-refractivity contribution in [3.8, 4) is 5.75 Å². The summed E-state index contributed by atoms with van der Waals surface area (Å²) in [6, 6.07) is 6.21. The lowest BCUT2D eigenvalue weighted by Gasteiger charge is -2.10. The predicted octanol–water partition coefficient (Wildman–Crippen LogP) is 1.69. The maximum absolute atomic E-state index is 11.6. The molecule has 0 spiro atoms. The standard InChI is InChI=1S/C15H21NO5/c1-11(2)20-9-5-8-16-14(17)10-21-13-7-4-3-6-12(13)15(18)19/h3-4,6-7,11H,5,8-10H2,1-2H3,(H,16,17)(H,18,19). The van der Waals surface area contributed by atoms with E-state index in [1.807, 2.05) is 13.8 Å². The zero-order chi connectivity index (χ0) is 15.7. The first-order valence-electron chi connectivity index (χ1n) is 6.84. The molecule has 0 aliphatic rings. The molecule has 116 valence electrons. The number of carbonyl (C=O) groups is 2. The molecule has 0 fully saturated rings. The van der Waals surface area contributed by atoms with Crippen LogP contribution < -0.4 is 10.1 Å². The minimum atomic E-state index is -1.09. The van der Waals surface area contributed by atoms with Crippen LogP contribution in [0.4, 0.5) is 0 Å². The van der Waals surface area contributed by atoms with Gasteiger partial charge in [-0.1, -0.05) is 12.1 Å². The van der Waals surface area contributed by atoms with Crippen molar-refractivity contribution in [3.63, 3.8) is 0 Å². The highest BCUT2D eigenvalue weighted by Crippen LogP contribution is 2.17. The zero-order valence-corrected chi connectivity index (χ0v) is 12.3. The van der Waals surface area contributed by atoms with E-state index in [1.54, 1.807) is 12.1 Å². The summed E-state index contributed by atoms with van der Waals surface area (Å²) in [4.78, 5) is 22.5. The van der Waals surface area contributed by atoms with Crippen molar-refractivity contribution in [1.82, 2.24) is 5.32 Å². The molecule has 1 aromatic rings. The lowest BCUT2D eigenvalue weighted by atomic mass is 10.2. The fraction of sp³-hybridized carbons (Fsp3) is 0.467. The van der Waals surface area contributed by atoms with Crippen LogP contribution in [0.2, 0.25) is 0 Å². The van der Waals surface area contributed by atoms with E-state index in [0.717, 1.165) is 6.42 Å². The molecule has 0 atom stereocenters. The van der Waals surface area contributed by atoms with Gasteiger partial charge in [0.15, 0.2) is 6.61 Å². The Morgan fingerprint density at radius 1 is 1.29 bits per heavy atom. The van der Waals surface area contributed by atoms with Gasteiger partial charge in [-0.15, -0.1) is 0 Å². The second kappa shape index (κ2) is 8.97. The number of nitrogens with one attached hydrogen (secondary N) is 1. The Balaban J connectivity index is 2.29. The third-order valence-corrected chi connectivity index (χ3v) is 2.57. The lowest BCUT2D eigenvalue weighted by molar-refractivity contribution is -0.123. The highest BCUT2D eigenvalue weighted by molar-refractivity contribution is 5.91. The number of ether oxygens (including phenoxy) is 2. The van der Waals surface area contributed by atoms with Gasteiger partial charge in [0, 0.05) is 13.2 Å². The number of rotatable bonds is 9. The maximum atomic E-state index is 11.6. The van der Waals surface area contributed by atoms with Crippen LogP contribution in [-0.4, -0.2) is 42.8 Å². The Morgan fingerprint density at radius 3 is 2.67 bits per heavy atom. The van der Waals surface area contributed by atoms with Gasteiger partial charge < -0.3 is 19.9 Å². The number of aromatic carboxylic acids is 1. The summed E-state index contributed by atoms with van der Waals surface area (Å²) in [5, 5.41) is 11.7. The topological polar surface area (TPSA) is 84.9 Å². The van der Waals surface area contributed by atoms with E-state index < -0.39 is 5.97 Å². The van der Waals surface area contributed by atoms with Crippen LogP contribution in [0.25, 0.3) is 0 Å². The number of hydrogen-bond acceptors (Lipinski definition) is 4. The van der Waals surface area contributed by atoms with E-state index in [2.05, 4.69) is 5.32 Å². The van der Waals surface area contributed by atoms with E-state index >= 15 is 0 Å². The normalized spacial score (nSPS) is 10.4. The van der Waals surface area contributed by atoms with Crippen molar-refractivity contribution < 1.29 is 24.2 Å². The van der Waals surface area contributed by atoms with E-state index in [1.165, 1.54) is 12.1 Å². The summed E-state index contributed by atoms with van der Waals surface area (Å²) in [7, 11) is 0. The number of carbonyl (C=O) groups excluding carboxylic acids is 1. The molecule has 0 saturated carbocycles. The molecule has 0 radical (unpaired) electrons. The summed E-state index contributed by atoms with van der Waals surface area (Å²) in [6.07, 6.45) is 0.895. The van der Waals surface area contributed by atoms with Gasteiger partial charge in [0.05, 0.1) is 6.10 Å². The highest BCUT2D eigenvalue weighted by Gasteiger charge is 2.11. The van der Waals surface area contributed by atoms with Gasteiger partial charge in [-0.25, -0.2) is 4.79 Å². The molecule has 0 heterocycles. The van der Waals surface area contributed by atoms with Crippen LogP contribution in [0, 0.1) is 0 Å². The first-order chi connectivity index (χ1) is 10.0.